The lowest BCUT2D eigenvalue weighted by atomic mass is 10.1. The van der Waals surface area contributed by atoms with E-state index in [1.807, 2.05) is 6.92 Å². The SMILES string of the molecule is CCC[C@@H](N)C(=O)Nc1cccc(CO)c1. The lowest BCUT2D eigenvalue weighted by Gasteiger charge is -2.11. The van der Waals surface area contributed by atoms with Gasteiger partial charge in [0, 0.05) is 5.69 Å². The molecule has 0 unspecified atom stereocenters. The topological polar surface area (TPSA) is 75.4 Å². The highest BCUT2D eigenvalue weighted by Gasteiger charge is 2.12. The predicted molar refractivity (Wildman–Crippen MR) is 63.9 cm³/mol. The molecule has 4 N–H and O–H groups in total. The molecule has 1 aromatic carbocycles. The lowest BCUT2D eigenvalue weighted by Crippen LogP contribution is -2.35. The first-order valence-corrected chi connectivity index (χ1v) is 5.43. The number of carbonyl (C=O) groups is 1. The Hall–Kier alpha value is -1.39. The first-order valence-electron chi connectivity index (χ1n) is 5.43. The molecule has 1 aromatic rings. The van der Waals surface area contributed by atoms with Crippen LogP contribution in [0, 0.1) is 0 Å². The summed E-state index contributed by atoms with van der Waals surface area (Å²) >= 11 is 0. The summed E-state index contributed by atoms with van der Waals surface area (Å²) in [5.74, 6) is -0.183. The lowest BCUT2D eigenvalue weighted by molar-refractivity contribution is -0.117. The van der Waals surface area contributed by atoms with Crippen molar-refractivity contribution in [1.82, 2.24) is 0 Å². The van der Waals surface area contributed by atoms with E-state index < -0.39 is 6.04 Å². The molecule has 0 radical (unpaired) electrons. The molecule has 16 heavy (non-hydrogen) atoms. The Morgan fingerprint density at radius 2 is 2.31 bits per heavy atom. The Morgan fingerprint density at radius 1 is 1.56 bits per heavy atom. The van der Waals surface area contributed by atoms with Crippen LogP contribution in [0.25, 0.3) is 0 Å². The van der Waals surface area contributed by atoms with Crippen molar-refractivity contribution in [1.29, 1.82) is 0 Å². The summed E-state index contributed by atoms with van der Waals surface area (Å²) in [5, 5.41) is 11.7. The van der Waals surface area contributed by atoms with Crippen LogP contribution in [0.1, 0.15) is 25.3 Å². The molecule has 1 rings (SSSR count). The van der Waals surface area contributed by atoms with Gasteiger partial charge in [-0.2, -0.15) is 0 Å². The minimum absolute atomic E-state index is 0.0370. The number of carbonyl (C=O) groups excluding carboxylic acids is 1. The van der Waals surface area contributed by atoms with Crippen LogP contribution >= 0.6 is 0 Å². The highest BCUT2D eigenvalue weighted by atomic mass is 16.3. The fraction of sp³-hybridized carbons (Fsp3) is 0.417. The van der Waals surface area contributed by atoms with Crippen molar-refractivity contribution in [2.75, 3.05) is 5.32 Å². The van der Waals surface area contributed by atoms with Gasteiger partial charge in [-0.25, -0.2) is 0 Å². The molecule has 1 atom stereocenters. The molecular formula is C12H18N2O2. The van der Waals surface area contributed by atoms with Crippen LogP contribution < -0.4 is 11.1 Å². The molecule has 0 saturated carbocycles. The molecule has 0 heterocycles. The first-order chi connectivity index (χ1) is 7.67. The number of amides is 1. The zero-order valence-electron chi connectivity index (χ0n) is 9.44. The van der Waals surface area contributed by atoms with Gasteiger partial charge in [0.15, 0.2) is 0 Å². The molecule has 0 fully saturated rings. The van der Waals surface area contributed by atoms with Gasteiger partial charge in [0.1, 0.15) is 0 Å². The van der Waals surface area contributed by atoms with E-state index in [1.54, 1.807) is 24.3 Å². The van der Waals surface area contributed by atoms with E-state index in [9.17, 15) is 4.79 Å². The number of aliphatic hydroxyl groups is 1. The Labute approximate surface area is 95.5 Å². The van der Waals surface area contributed by atoms with Crippen molar-refractivity contribution in [3.05, 3.63) is 29.8 Å². The average molecular weight is 222 g/mol. The summed E-state index contributed by atoms with van der Waals surface area (Å²) in [6, 6.07) is 6.61. The van der Waals surface area contributed by atoms with Crippen LogP contribution in [0.3, 0.4) is 0 Å². The van der Waals surface area contributed by atoms with Gasteiger partial charge in [0.2, 0.25) is 5.91 Å². The summed E-state index contributed by atoms with van der Waals surface area (Å²) in [6.07, 6.45) is 1.55. The number of nitrogens with one attached hydrogen (secondary N) is 1. The van der Waals surface area contributed by atoms with E-state index in [1.165, 1.54) is 0 Å². The van der Waals surface area contributed by atoms with Crippen LogP contribution in [-0.2, 0) is 11.4 Å². The quantitative estimate of drug-likeness (QED) is 0.701. The van der Waals surface area contributed by atoms with Crippen molar-refractivity contribution in [3.63, 3.8) is 0 Å². The fourth-order valence-corrected chi connectivity index (χ4v) is 1.42. The van der Waals surface area contributed by atoms with Gasteiger partial charge in [0.25, 0.3) is 0 Å². The summed E-state index contributed by atoms with van der Waals surface area (Å²) in [4.78, 5) is 11.6. The third kappa shape index (κ3) is 3.64. The minimum atomic E-state index is -0.470. The zero-order valence-corrected chi connectivity index (χ0v) is 9.44. The van der Waals surface area contributed by atoms with Gasteiger partial charge < -0.3 is 16.2 Å². The summed E-state index contributed by atoms with van der Waals surface area (Å²) in [6.45, 7) is 1.95. The molecule has 0 saturated heterocycles. The van der Waals surface area contributed by atoms with Crippen LogP contribution in [0.5, 0.6) is 0 Å². The van der Waals surface area contributed by atoms with Crippen molar-refractivity contribution < 1.29 is 9.90 Å². The summed E-state index contributed by atoms with van der Waals surface area (Å²) in [5.41, 5.74) is 7.12. The number of nitrogens with two attached hydrogens (primary N) is 1. The van der Waals surface area contributed by atoms with Gasteiger partial charge in [-0.05, 0) is 24.1 Å². The maximum absolute atomic E-state index is 11.6. The Kier molecular flexibility index (Phi) is 4.95. The average Bonchev–Trinajstić information content (AvgIpc) is 2.29. The summed E-state index contributed by atoms with van der Waals surface area (Å²) < 4.78 is 0. The Bertz CT molecular complexity index is 353. The van der Waals surface area contributed by atoms with E-state index >= 15 is 0 Å². The molecule has 0 aliphatic rings. The monoisotopic (exact) mass is 222 g/mol. The molecule has 88 valence electrons. The number of aliphatic hydroxyl groups excluding tert-OH is 1. The largest absolute Gasteiger partial charge is 0.392 e. The van der Waals surface area contributed by atoms with Gasteiger partial charge >= 0.3 is 0 Å². The minimum Gasteiger partial charge on any atom is -0.392 e. The maximum Gasteiger partial charge on any atom is 0.241 e. The zero-order chi connectivity index (χ0) is 12.0. The second-order valence-electron chi connectivity index (χ2n) is 3.74. The number of hydrogen-bond acceptors (Lipinski definition) is 3. The molecule has 0 bridgehead atoms. The molecular weight excluding hydrogens is 204 g/mol. The van der Waals surface area contributed by atoms with E-state index in [-0.39, 0.29) is 12.5 Å². The van der Waals surface area contributed by atoms with E-state index in [2.05, 4.69) is 5.32 Å². The van der Waals surface area contributed by atoms with E-state index in [0.29, 0.717) is 12.1 Å². The third-order valence-electron chi connectivity index (χ3n) is 2.31. The highest BCUT2D eigenvalue weighted by Crippen LogP contribution is 2.11. The van der Waals surface area contributed by atoms with Crippen molar-refractivity contribution in [3.8, 4) is 0 Å². The second-order valence-corrected chi connectivity index (χ2v) is 3.74. The van der Waals surface area contributed by atoms with Crippen molar-refractivity contribution in [2.45, 2.75) is 32.4 Å². The molecule has 1 amide bonds. The number of benzene rings is 1. The predicted octanol–water partition coefficient (Wildman–Crippen LogP) is 1.24. The summed E-state index contributed by atoms with van der Waals surface area (Å²) in [7, 11) is 0. The normalized spacial score (nSPS) is 12.2. The van der Waals surface area contributed by atoms with Gasteiger partial charge in [-0.1, -0.05) is 25.5 Å². The van der Waals surface area contributed by atoms with E-state index in [0.717, 1.165) is 12.0 Å². The van der Waals surface area contributed by atoms with Crippen molar-refractivity contribution in [2.24, 2.45) is 5.73 Å². The molecule has 0 aliphatic carbocycles. The van der Waals surface area contributed by atoms with Crippen molar-refractivity contribution >= 4 is 11.6 Å². The van der Waals surface area contributed by atoms with Gasteiger partial charge in [-0.15, -0.1) is 0 Å². The van der Waals surface area contributed by atoms with Gasteiger partial charge in [-0.3, -0.25) is 4.79 Å². The molecule has 4 nitrogen and oxygen atoms in total. The molecule has 4 heteroatoms. The number of hydrogen-bond donors (Lipinski definition) is 3. The Balaban J connectivity index is 2.61. The van der Waals surface area contributed by atoms with Crippen LogP contribution in [0.4, 0.5) is 5.69 Å². The number of anilines is 1. The maximum atomic E-state index is 11.6. The molecule has 0 aliphatic heterocycles. The smallest absolute Gasteiger partial charge is 0.241 e. The Morgan fingerprint density at radius 3 is 2.94 bits per heavy atom. The molecule has 0 spiro atoms. The fourth-order valence-electron chi connectivity index (χ4n) is 1.42. The van der Waals surface area contributed by atoms with Crippen LogP contribution in [0.2, 0.25) is 0 Å². The third-order valence-corrected chi connectivity index (χ3v) is 2.31. The second kappa shape index (κ2) is 6.25. The highest BCUT2D eigenvalue weighted by molar-refractivity contribution is 5.94. The standard InChI is InChI=1S/C12H18N2O2/c1-2-4-11(13)12(16)14-10-6-3-5-9(7-10)8-15/h3,5-7,11,15H,2,4,8,13H2,1H3,(H,14,16)/t11-/m1/s1. The van der Waals surface area contributed by atoms with Crippen LogP contribution in [-0.4, -0.2) is 17.1 Å². The first kappa shape index (κ1) is 12.7. The van der Waals surface area contributed by atoms with Crippen LogP contribution in [0.15, 0.2) is 24.3 Å². The molecule has 0 aromatic heterocycles. The van der Waals surface area contributed by atoms with Gasteiger partial charge in [0.05, 0.1) is 12.6 Å². The van der Waals surface area contributed by atoms with E-state index in [4.69, 9.17) is 10.8 Å². The number of rotatable bonds is 5.